The third kappa shape index (κ3) is 7.17. The van der Waals surface area contributed by atoms with Crippen LogP contribution in [0.15, 0.2) is 42.5 Å². The first-order chi connectivity index (χ1) is 15.8. The van der Waals surface area contributed by atoms with Gasteiger partial charge in [0.2, 0.25) is 0 Å². The second kappa shape index (κ2) is 11.3. The summed E-state index contributed by atoms with van der Waals surface area (Å²) in [6.07, 6.45) is 4.10. The van der Waals surface area contributed by atoms with Crippen LogP contribution < -0.4 is 16.0 Å². The maximum absolute atomic E-state index is 12.6. The number of nitrogens with one attached hydrogen (secondary N) is 3. The molecule has 2 aromatic rings. The van der Waals surface area contributed by atoms with Gasteiger partial charge in [0.1, 0.15) is 6.54 Å². The topological polar surface area (TPSA) is 114 Å². The number of ether oxygens (including phenoxy) is 1. The number of rotatable bonds is 8. The van der Waals surface area contributed by atoms with Crippen molar-refractivity contribution in [3.05, 3.63) is 64.7 Å². The van der Waals surface area contributed by atoms with Gasteiger partial charge in [-0.1, -0.05) is 42.2 Å². The number of aryl methyl sites for hydroxylation is 2. The van der Waals surface area contributed by atoms with E-state index in [-0.39, 0.29) is 18.5 Å². The highest BCUT2D eigenvalue weighted by molar-refractivity contribution is 6.04. The third-order valence-electron chi connectivity index (χ3n) is 5.38. The van der Waals surface area contributed by atoms with Crippen molar-refractivity contribution in [2.45, 2.75) is 45.6 Å². The first kappa shape index (κ1) is 24.0. The molecule has 0 unspecified atom stereocenters. The molecule has 0 saturated heterocycles. The molecular weight excluding hydrogens is 422 g/mol. The van der Waals surface area contributed by atoms with Crippen molar-refractivity contribution >= 4 is 29.4 Å². The van der Waals surface area contributed by atoms with Gasteiger partial charge < -0.3 is 20.7 Å². The van der Waals surface area contributed by atoms with E-state index in [1.807, 2.05) is 19.9 Å². The molecule has 1 aliphatic carbocycles. The average Bonchev–Trinajstić information content (AvgIpc) is 3.28. The van der Waals surface area contributed by atoms with Gasteiger partial charge in [0.05, 0.1) is 11.3 Å². The van der Waals surface area contributed by atoms with E-state index in [1.165, 1.54) is 0 Å². The molecule has 3 rings (SSSR count). The lowest BCUT2D eigenvalue weighted by Crippen LogP contribution is -2.34. The van der Waals surface area contributed by atoms with E-state index in [9.17, 15) is 19.2 Å². The molecule has 3 amide bonds. The Hall–Kier alpha value is -3.68. The lowest BCUT2D eigenvalue weighted by Gasteiger charge is -2.15. The number of amides is 3. The Labute approximate surface area is 193 Å². The summed E-state index contributed by atoms with van der Waals surface area (Å²) in [5, 5.41) is 8.09. The molecule has 0 bridgehead atoms. The fourth-order valence-electron chi connectivity index (χ4n) is 3.87. The number of carbonyl (C=O) groups excluding carboxylic acids is 4. The van der Waals surface area contributed by atoms with Crippen molar-refractivity contribution in [1.29, 1.82) is 0 Å². The molecular formula is C25H29N3O5. The van der Waals surface area contributed by atoms with Crippen LogP contribution in [0.4, 0.5) is 5.69 Å². The lowest BCUT2D eigenvalue weighted by molar-refractivity contribution is -0.146. The monoisotopic (exact) mass is 451 g/mol. The normalized spacial score (nSPS) is 13.3. The van der Waals surface area contributed by atoms with Gasteiger partial charge in [0.15, 0.2) is 6.61 Å². The summed E-state index contributed by atoms with van der Waals surface area (Å²) >= 11 is 0. The Kier molecular flexibility index (Phi) is 8.18. The van der Waals surface area contributed by atoms with Crippen molar-refractivity contribution in [2.24, 2.45) is 0 Å². The zero-order valence-electron chi connectivity index (χ0n) is 18.9. The summed E-state index contributed by atoms with van der Waals surface area (Å²) in [5.74, 6) is -1.96. The van der Waals surface area contributed by atoms with E-state index in [2.05, 4.69) is 16.0 Å². The fraction of sp³-hybridized carbons (Fsp3) is 0.360. The first-order valence-electron chi connectivity index (χ1n) is 11.0. The van der Waals surface area contributed by atoms with Gasteiger partial charge in [-0.2, -0.15) is 0 Å². The van der Waals surface area contributed by atoms with E-state index in [0.717, 1.165) is 36.8 Å². The van der Waals surface area contributed by atoms with Gasteiger partial charge in [-0.15, -0.1) is 0 Å². The van der Waals surface area contributed by atoms with Crippen LogP contribution in [0.5, 0.6) is 0 Å². The molecule has 0 radical (unpaired) electrons. The van der Waals surface area contributed by atoms with Crippen LogP contribution in [0.25, 0.3) is 0 Å². The molecule has 1 saturated carbocycles. The maximum atomic E-state index is 12.6. The SMILES string of the molecule is Cc1cc(C)cc(C(=O)NCC(=O)OCC(=O)Nc2ccccc2C(=O)NC2CCCC2)c1. The second-order valence-electron chi connectivity index (χ2n) is 8.27. The van der Waals surface area contributed by atoms with E-state index in [0.29, 0.717) is 16.8 Å². The van der Waals surface area contributed by atoms with Gasteiger partial charge in [0, 0.05) is 11.6 Å². The predicted molar refractivity (Wildman–Crippen MR) is 124 cm³/mol. The average molecular weight is 452 g/mol. The van der Waals surface area contributed by atoms with E-state index < -0.39 is 24.4 Å². The number of carbonyl (C=O) groups is 4. The molecule has 0 heterocycles. The van der Waals surface area contributed by atoms with Crippen LogP contribution >= 0.6 is 0 Å². The Morgan fingerprint density at radius 1 is 0.939 bits per heavy atom. The van der Waals surface area contributed by atoms with Gasteiger partial charge in [-0.25, -0.2) is 0 Å². The van der Waals surface area contributed by atoms with Crippen LogP contribution in [0.1, 0.15) is 57.5 Å². The molecule has 0 aliphatic heterocycles. The summed E-state index contributed by atoms with van der Waals surface area (Å²) in [7, 11) is 0. The van der Waals surface area contributed by atoms with E-state index >= 15 is 0 Å². The van der Waals surface area contributed by atoms with Gasteiger partial charge in [0.25, 0.3) is 17.7 Å². The molecule has 0 atom stereocenters. The summed E-state index contributed by atoms with van der Waals surface area (Å²) in [6, 6.07) is 12.2. The number of anilines is 1. The van der Waals surface area contributed by atoms with Crippen molar-refractivity contribution in [1.82, 2.24) is 10.6 Å². The Morgan fingerprint density at radius 2 is 1.61 bits per heavy atom. The minimum atomic E-state index is -0.741. The second-order valence-corrected chi connectivity index (χ2v) is 8.27. The molecule has 8 heteroatoms. The number of hydrogen-bond acceptors (Lipinski definition) is 5. The number of benzene rings is 2. The van der Waals surface area contributed by atoms with Crippen LogP contribution in [-0.2, 0) is 14.3 Å². The van der Waals surface area contributed by atoms with Crippen molar-refractivity contribution < 1.29 is 23.9 Å². The zero-order valence-corrected chi connectivity index (χ0v) is 18.9. The quantitative estimate of drug-likeness (QED) is 0.534. The zero-order chi connectivity index (χ0) is 23.8. The highest BCUT2D eigenvalue weighted by Gasteiger charge is 2.20. The van der Waals surface area contributed by atoms with Gasteiger partial charge >= 0.3 is 5.97 Å². The smallest absolute Gasteiger partial charge is 0.325 e. The van der Waals surface area contributed by atoms with Crippen molar-refractivity contribution in [2.75, 3.05) is 18.5 Å². The van der Waals surface area contributed by atoms with Crippen LogP contribution in [0.2, 0.25) is 0 Å². The van der Waals surface area contributed by atoms with E-state index in [1.54, 1.807) is 36.4 Å². The molecule has 0 spiro atoms. The lowest BCUT2D eigenvalue weighted by atomic mass is 10.1. The Bertz CT molecular complexity index is 1020. The highest BCUT2D eigenvalue weighted by atomic mass is 16.5. The van der Waals surface area contributed by atoms with Crippen molar-refractivity contribution in [3.63, 3.8) is 0 Å². The molecule has 1 aliphatic rings. The van der Waals surface area contributed by atoms with E-state index in [4.69, 9.17) is 4.74 Å². The maximum Gasteiger partial charge on any atom is 0.325 e. The van der Waals surface area contributed by atoms with Crippen LogP contribution in [-0.4, -0.2) is 42.9 Å². The summed E-state index contributed by atoms with van der Waals surface area (Å²) < 4.78 is 4.95. The van der Waals surface area contributed by atoms with Crippen molar-refractivity contribution in [3.8, 4) is 0 Å². The molecule has 3 N–H and O–H groups in total. The Balaban J connectivity index is 1.46. The summed E-state index contributed by atoms with van der Waals surface area (Å²) in [6.45, 7) is 2.87. The molecule has 2 aromatic carbocycles. The number of hydrogen-bond donors (Lipinski definition) is 3. The van der Waals surface area contributed by atoms with Gasteiger partial charge in [-0.3, -0.25) is 19.2 Å². The van der Waals surface area contributed by atoms with Crippen LogP contribution in [0, 0.1) is 13.8 Å². The highest BCUT2D eigenvalue weighted by Crippen LogP contribution is 2.20. The van der Waals surface area contributed by atoms with Crippen LogP contribution in [0.3, 0.4) is 0 Å². The predicted octanol–water partition coefficient (Wildman–Crippen LogP) is 2.89. The first-order valence-corrected chi connectivity index (χ1v) is 11.0. The number of esters is 1. The minimum absolute atomic E-state index is 0.154. The number of para-hydroxylation sites is 1. The summed E-state index contributed by atoms with van der Waals surface area (Å²) in [5.41, 5.74) is 3.03. The Morgan fingerprint density at radius 3 is 2.30 bits per heavy atom. The third-order valence-corrected chi connectivity index (χ3v) is 5.38. The molecule has 1 fully saturated rings. The molecule has 33 heavy (non-hydrogen) atoms. The molecule has 174 valence electrons. The standard InChI is InChI=1S/C25H29N3O5/c1-16-11-17(2)13-18(12-16)24(31)26-14-23(30)33-15-22(29)28-21-10-6-5-9-20(21)25(32)27-19-7-3-4-8-19/h5-6,9-13,19H,3-4,7-8,14-15H2,1-2H3,(H,26,31)(H,27,32)(H,28,29). The van der Waals surface area contributed by atoms with Gasteiger partial charge in [-0.05, 0) is 51.0 Å². The molecule has 0 aromatic heterocycles. The fourth-order valence-corrected chi connectivity index (χ4v) is 3.87. The molecule has 8 nitrogen and oxygen atoms in total. The summed E-state index contributed by atoms with van der Waals surface area (Å²) in [4.78, 5) is 49.0. The minimum Gasteiger partial charge on any atom is -0.454 e. The largest absolute Gasteiger partial charge is 0.454 e.